The number of fused-ring (bicyclic) bond motifs is 1. The van der Waals surface area contributed by atoms with Gasteiger partial charge in [-0.1, -0.05) is 0 Å². The summed E-state index contributed by atoms with van der Waals surface area (Å²) in [6.45, 7) is 2.97. The molecule has 0 saturated heterocycles. The monoisotopic (exact) mass is 264 g/mol. The predicted molar refractivity (Wildman–Crippen MR) is 73.0 cm³/mol. The fourth-order valence-electron chi connectivity index (χ4n) is 2.13. The van der Waals surface area contributed by atoms with Crippen molar-refractivity contribution < 1.29 is 9.53 Å². The number of nitrogens with zero attached hydrogens (tertiary/aromatic N) is 4. The van der Waals surface area contributed by atoms with Crippen LogP contribution in [0.1, 0.15) is 36.1 Å². The van der Waals surface area contributed by atoms with Gasteiger partial charge in [-0.25, -0.2) is 14.8 Å². The zero-order valence-corrected chi connectivity index (χ0v) is 11.7. The van der Waals surface area contributed by atoms with Crippen LogP contribution in [-0.4, -0.2) is 47.5 Å². The summed E-state index contributed by atoms with van der Waals surface area (Å²) in [4.78, 5) is 22.6. The van der Waals surface area contributed by atoms with Crippen molar-refractivity contribution in [3.63, 3.8) is 0 Å². The maximum Gasteiger partial charge on any atom is 0.358 e. The number of hydrogen-bond acceptors (Lipinski definition) is 4. The molecule has 104 valence electrons. The molecule has 1 aromatic rings. The molecule has 0 N–H and O–H groups in total. The predicted octanol–water partition coefficient (Wildman–Crippen LogP) is 1.62. The Morgan fingerprint density at radius 3 is 3.00 bits per heavy atom. The second kappa shape index (κ2) is 5.86. The number of imidazole rings is 1. The molecule has 0 amide bonds. The Hall–Kier alpha value is -1.85. The molecular weight excluding hydrogens is 244 g/mol. The van der Waals surface area contributed by atoms with Gasteiger partial charge in [-0.05, 0) is 19.8 Å². The molecule has 0 saturated carbocycles. The van der Waals surface area contributed by atoms with Crippen LogP contribution in [0.25, 0.3) is 0 Å². The van der Waals surface area contributed by atoms with Crippen molar-refractivity contribution in [3.05, 3.63) is 11.5 Å². The van der Waals surface area contributed by atoms with Gasteiger partial charge in [0.15, 0.2) is 11.5 Å². The van der Waals surface area contributed by atoms with E-state index in [0.29, 0.717) is 18.1 Å². The molecule has 2 heterocycles. The number of ether oxygens (including phenoxy) is 1. The lowest BCUT2D eigenvalue weighted by molar-refractivity contribution is 0.0513. The summed E-state index contributed by atoms with van der Waals surface area (Å²) in [5.41, 5.74) is 0.481. The molecule has 6 nitrogen and oxygen atoms in total. The molecule has 0 bridgehead atoms. The van der Waals surface area contributed by atoms with Gasteiger partial charge in [0.25, 0.3) is 0 Å². The molecule has 19 heavy (non-hydrogen) atoms. The molecule has 0 radical (unpaired) electrons. The molecule has 1 aromatic heterocycles. The van der Waals surface area contributed by atoms with E-state index >= 15 is 0 Å². The van der Waals surface area contributed by atoms with Crippen molar-refractivity contribution in [2.75, 3.05) is 20.7 Å². The Balaban J connectivity index is 2.40. The highest BCUT2D eigenvalue weighted by Gasteiger charge is 2.25. The molecule has 1 aliphatic rings. The third-order valence-corrected chi connectivity index (χ3v) is 2.94. The zero-order valence-electron chi connectivity index (χ0n) is 11.7. The van der Waals surface area contributed by atoms with Crippen LogP contribution >= 0.6 is 0 Å². The van der Waals surface area contributed by atoms with E-state index in [1.807, 2.05) is 23.6 Å². The minimum absolute atomic E-state index is 0.339. The molecule has 0 aliphatic carbocycles. The van der Waals surface area contributed by atoms with Crippen LogP contribution in [-0.2, 0) is 17.7 Å². The maximum absolute atomic E-state index is 12.1. The van der Waals surface area contributed by atoms with E-state index < -0.39 is 0 Å². The van der Waals surface area contributed by atoms with E-state index in [2.05, 4.69) is 9.98 Å². The first-order chi connectivity index (χ1) is 9.13. The van der Waals surface area contributed by atoms with Gasteiger partial charge in [0.1, 0.15) is 5.82 Å². The number of aryl methyl sites for hydroxylation is 1. The van der Waals surface area contributed by atoms with Crippen LogP contribution in [0, 0.1) is 0 Å². The number of aliphatic imine (C=N–C) groups is 1. The molecule has 0 spiro atoms. The van der Waals surface area contributed by atoms with Gasteiger partial charge in [0.2, 0.25) is 0 Å². The van der Waals surface area contributed by atoms with Crippen molar-refractivity contribution in [2.24, 2.45) is 4.99 Å². The summed E-state index contributed by atoms with van der Waals surface area (Å²) in [6.07, 6.45) is 4.71. The van der Waals surface area contributed by atoms with Crippen LogP contribution in [0.15, 0.2) is 4.99 Å². The number of rotatable bonds is 4. The molecule has 6 heteroatoms. The van der Waals surface area contributed by atoms with Gasteiger partial charge in [0, 0.05) is 27.1 Å². The van der Waals surface area contributed by atoms with Gasteiger partial charge in [-0.3, -0.25) is 0 Å². The van der Waals surface area contributed by atoms with Crippen LogP contribution in [0.5, 0.6) is 0 Å². The largest absolute Gasteiger partial charge is 0.461 e. The topological polar surface area (TPSA) is 59.7 Å². The van der Waals surface area contributed by atoms with E-state index in [0.717, 1.165) is 31.6 Å². The average molecular weight is 264 g/mol. The van der Waals surface area contributed by atoms with Gasteiger partial charge in [-0.2, -0.15) is 0 Å². The van der Waals surface area contributed by atoms with Gasteiger partial charge in [-0.15, -0.1) is 0 Å². The Bertz CT molecular complexity index is 491. The Kier molecular flexibility index (Phi) is 4.19. The van der Waals surface area contributed by atoms with Crippen LogP contribution < -0.4 is 0 Å². The Morgan fingerprint density at radius 1 is 1.53 bits per heavy atom. The Labute approximate surface area is 113 Å². The highest BCUT2D eigenvalue weighted by molar-refractivity contribution is 5.93. The minimum Gasteiger partial charge on any atom is -0.461 e. The third kappa shape index (κ3) is 2.94. The van der Waals surface area contributed by atoms with E-state index in [1.165, 1.54) is 0 Å². The van der Waals surface area contributed by atoms with Crippen molar-refractivity contribution >= 4 is 18.1 Å². The number of carbonyl (C=O) groups is 1. The molecule has 0 atom stereocenters. The zero-order chi connectivity index (χ0) is 13.8. The summed E-state index contributed by atoms with van der Waals surface area (Å²) in [7, 11) is 3.76. The normalized spacial score (nSPS) is 14.5. The average Bonchev–Trinajstić information content (AvgIpc) is 2.74. The summed E-state index contributed by atoms with van der Waals surface area (Å²) < 4.78 is 7.06. The quantitative estimate of drug-likeness (QED) is 0.471. The number of hydrogen-bond donors (Lipinski definition) is 0. The number of aromatic nitrogens is 2. The second-order valence-electron chi connectivity index (χ2n) is 4.74. The number of esters is 1. The molecular formula is C13H20N4O2. The standard InChI is InChI=1S/C13H20N4O2/c1-4-19-13(18)11-12(14-9-16(2)3)15-10-7-5-6-8-17(10)11/h9H,4-8H2,1-3H3/b14-9+. The first-order valence-electron chi connectivity index (χ1n) is 6.60. The van der Waals surface area contributed by atoms with Crippen LogP contribution in [0.4, 0.5) is 5.82 Å². The minimum atomic E-state index is -0.339. The third-order valence-electron chi connectivity index (χ3n) is 2.94. The van der Waals surface area contributed by atoms with E-state index in [1.54, 1.807) is 13.3 Å². The van der Waals surface area contributed by atoms with Gasteiger partial charge >= 0.3 is 5.97 Å². The maximum atomic E-state index is 12.1. The lowest BCUT2D eigenvalue weighted by Crippen LogP contribution is -2.17. The van der Waals surface area contributed by atoms with Crippen molar-refractivity contribution in [3.8, 4) is 0 Å². The molecule has 2 rings (SSSR count). The smallest absolute Gasteiger partial charge is 0.358 e. The fourth-order valence-corrected chi connectivity index (χ4v) is 2.13. The first-order valence-corrected chi connectivity index (χ1v) is 6.60. The van der Waals surface area contributed by atoms with Gasteiger partial charge < -0.3 is 14.2 Å². The fraction of sp³-hybridized carbons (Fsp3) is 0.615. The molecule has 1 aliphatic heterocycles. The van der Waals surface area contributed by atoms with Crippen molar-refractivity contribution in [1.82, 2.24) is 14.5 Å². The van der Waals surface area contributed by atoms with Gasteiger partial charge in [0.05, 0.1) is 12.9 Å². The molecule has 0 fully saturated rings. The molecule has 0 aromatic carbocycles. The summed E-state index contributed by atoms with van der Waals surface area (Å²) in [5, 5.41) is 0. The number of carbonyl (C=O) groups excluding carboxylic acids is 1. The lowest BCUT2D eigenvalue weighted by atomic mass is 10.1. The lowest BCUT2D eigenvalue weighted by Gasteiger charge is -2.15. The Morgan fingerprint density at radius 2 is 2.32 bits per heavy atom. The summed E-state index contributed by atoms with van der Waals surface area (Å²) >= 11 is 0. The summed E-state index contributed by atoms with van der Waals surface area (Å²) in [5.74, 6) is 1.05. The first kappa shape index (κ1) is 13.6. The van der Waals surface area contributed by atoms with Crippen molar-refractivity contribution in [2.45, 2.75) is 32.7 Å². The second-order valence-corrected chi connectivity index (χ2v) is 4.74. The SMILES string of the molecule is CCOC(=O)c1c(/N=C/N(C)C)nc2n1CCCC2. The highest BCUT2D eigenvalue weighted by atomic mass is 16.5. The molecule has 0 unspecified atom stereocenters. The van der Waals surface area contributed by atoms with Crippen molar-refractivity contribution in [1.29, 1.82) is 0 Å². The summed E-state index contributed by atoms with van der Waals surface area (Å²) in [6, 6.07) is 0. The van der Waals surface area contributed by atoms with E-state index in [4.69, 9.17) is 4.74 Å². The van der Waals surface area contributed by atoms with E-state index in [-0.39, 0.29) is 5.97 Å². The van der Waals surface area contributed by atoms with Crippen LogP contribution in [0.2, 0.25) is 0 Å². The van der Waals surface area contributed by atoms with E-state index in [9.17, 15) is 4.79 Å². The highest BCUT2D eigenvalue weighted by Crippen LogP contribution is 2.25. The van der Waals surface area contributed by atoms with Crippen LogP contribution in [0.3, 0.4) is 0 Å².